The maximum atomic E-state index is 13.0. The molecule has 21 heavy (non-hydrogen) atoms. The van der Waals surface area contributed by atoms with Crippen LogP contribution in [0.1, 0.15) is 45.6 Å². The summed E-state index contributed by atoms with van der Waals surface area (Å²) in [5, 5.41) is 0. The van der Waals surface area contributed by atoms with Crippen LogP contribution in [-0.4, -0.2) is 25.3 Å². The zero-order valence-corrected chi connectivity index (χ0v) is 14.2. The number of benzene rings is 1. The molecule has 2 fully saturated rings. The SMILES string of the molecule is Cc1ccc(S(=O)(=O)N2C[C@@]3(C)C[C@H]2CC(C)(C)C3)cc1. The Morgan fingerprint density at radius 2 is 1.71 bits per heavy atom. The second-order valence-corrected chi connectivity index (χ2v) is 9.97. The van der Waals surface area contributed by atoms with Gasteiger partial charge < -0.3 is 0 Å². The van der Waals surface area contributed by atoms with E-state index in [1.807, 2.05) is 19.1 Å². The molecule has 0 unspecified atom stereocenters. The van der Waals surface area contributed by atoms with Gasteiger partial charge in [0.05, 0.1) is 4.90 Å². The number of nitrogens with zero attached hydrogens (tertiary/aromatic N) is 1. The van der Waals surface area contributed by atoms with Gasteiger partial charge in [-0.2, -0.15) is 4.31 Å². The molecule has 1 saturated heterocycles. The third kappa shape index (κ3) is 2.64. The minimum Gasteiger partial charge on any atom is -0.207 e. The Morgan fingerprint density at radius 3 is 2.33 bits per heavy atom. The molecule has 2 atom stereocenters. The molecule has 1 aliphatic heterocycles. The summed E-state index contributed by atoms with van der Waals surface area (Å²) in [5.74, 6) is 0. The molecule has 3 rings (SSSR count). The van der Waals surface area contributed by atoms with E-state index >= 15 is 0 Å². The highest BCUT2D eigenvalue weighted by Gasteiger charge is 2.53. The largest absolute Gasteiger partial charge is 0.243 e. The zero-order valence-electron chi connectivity index (χ0n) is 13.4. The molecule has 1 aromatic rings. The molecule has 116 valence electrons. The molecule has 1 saturated carbocycles. The van der Waals surface area contributed by atoms with Crippen LogP contribution in [0.25, 0.3) is 0 Å². The van der Waals surface area contributed by atoms with Gasteiger partial charge in [0.25, 0.3) is 0 Å². The first-order valence-electron chi connectivity index (χ1n) is 7.70. The van der Waals surface area contributed by atoms with Gasteiger partial charge in [-0.1, -0.05) is 38.5 Å². The topological polar surface area (TPSA) is 37.4 Å². The fourth-order valence-electron chi connectivity index (χ4n) is 4.53. The van der Waals surface area contributed by atoms with E-state index in [0.29, 0.717) is 11.4 Å². The summed E-state index contributed by atoms with van der Waals surface area (Å²) < 4.78 is 27.7. The number of aryl methyl sites for hydroxylation is 1. The average molecular weight is 307 g/mol. The second-order valence-electron chi connectivity index (χ2n) is 8.08. The minimum absolute atomic E-state index is 0.129. The van der Waals surface area contributed by atoms with Crippen molar-refractivity contribution in [1.29, 1.82) is 0 Å². The fraction of sp³-hybridized carbons (Fsp3) is 0.647. The van der Waals surface area contributed by atoms with Crippen LogP contribution in [0.15, 0.2) is 29.2 Å². The van der Waals surface area contributed by atoms with E-state index in [2.05, 4.69) is 20.8 Å². The number of hydrogen-bond acceptors (Lipinski definition) is 2. The molecular formula is C17H25NO2S. The van der Waals surface area contributed by atoms with Gasteiger partial charge in [-0.25, -0.2) is 8.42 Å². The van der Waals surface area contributed by atoms with Gasteiger partial charge in [0.1, 0.15) is 0 Å². The Morgan fingerprint density at radius 1 is 1.10 bits per heavy atom. The first-order chi connectivity index (χ1) is 9.61. The van der Waals surface area contributed by atoms with Gasteiger partial charge in [-0.15, -0.1) is 0 Å². The summed E-state index contributed by atoms with van der Waals surface area (Å²) in [6, 6.07) is 7.38. The van der Waals surface area contributed by atoms with E-state index in [9.17, 15) is 8.42 Å². The lowest BCUT2D eigenvalue weighted by molar-refractivity contribution is 0.133. The van der Waals surface area contributed by atoms with Gasteiger partial charge in [0.2, 0.25) is 10.0 Å². The van der Waals surface area contributed by atoms with Crippen LogP contribution in [0, 0.1) is 17.8 Å². The predicted octanol–water partition coefficient (Wildman–Crippen LogP) is 3.58. The van der Waals surface area contributed by atoms with Crippen LogP contribution in [0.3, 0.4) is 0 Å². The minimum atomic E-state index is -3.36. The molecular weight excluding hydrogens is 282 g/mol. The molecule has 1 aromatic carbocycles. The summed E-state index contributed by atoms with van der Waals surface area (Å²) in [6.45, 7) is 9.41. The van der Waals surface area contributed by atoms with Gasteiger partial charge in [0, 0.05) is 12.6 Å². The van der Waals surface area contributed by atoms with E-state index in [4.69, 9.17) is 0 Å². The number of sulfonamides is 1. The van der Waals surface area contributed by atoms with Crippen molar-refractivity contribution in [1.82, 2.24) is 4.31 Å². The summed E-state index contributed by atoms with van der Waals surface area (Å²) >= 11 is 0. The van der Waals surface area contributed by atoms with E-state index in [1.165, 1.54) is 0 Å². The standard InChI is InChI=1S/C17H25NO2S/c1-13-5-7-15(8-6-13)21(19,20)18-12-17(4)10-14(18)9-16(2,3)11-17/h5-8,14H,9-12H2,1-4H3/t14-,17+/m1/s1. The van der Waals surface area contributed by atoms with Crippen molar-refractivity contribution >= 4 is 10.0 Å². The van der Waals surface area contributed by atoms with E-state index in [1.54, 1.807) is 16.4 Å². The monoisotopic (exact) mass is 307 g/mol. The molecule has 2 aliphatic rings. The highest BCUT2D eigenvalue weighted by Crippen LogP contribution is 2.53. The van der Waals surface area contributed by atoms with Gasteiger partial charge in [-0.3, -0.25) is 0 Å². The van der Waals surface area contributed by atoms with Crippen molar-refractivity contribution in [3.8, 4) is 0 Å². The molecule has 0 amide bonds. The molecule has 3 nitrogen and oxygen atoms in total. The quantitative estimate of drug-likeness (QED) is 0.837. The summed E-state index contributed by atoms with van der Waals surface area (Å²) in [7, 11) is -3.36. The van der Waals surface area contributed by atoms with Crippen LogP contribution in [-0.2, 0) is 10.0 Å². The van der Waals surface area contributed by atoms with Gasteiger partial charge >= 0.3 is 0 Å². The molecule has 2 bridgehead atoms. The van der Waals surface area contributed by atoms with E-state index in [0.717, 1.165) is 24.8 Å². The lowest BCUT2D eigenvalue weighted by Crippen LogP contribution is -2.37. The van der Waals surface area contributed by atoms with Crippen molar-refractivity contribution in [2.24, 2.45) is 10.8 Å². The predicted molar refractivity (Wildman–Crippen MR) is 84.6 cm³/mol. The molecule has 1 aliphatic carbocycles. The lowest BCUT2D eigenvalue weighted by atomic mass is 9.65. The van der Waals surface area contributed by atoms with Crippen LogP contribution in [0.4, 0.5) is 0 Å². The molecule has 0 radical (unpaired) electrons. The van der Waals surface area contributed by atoms with Gasteiger partial charge in [0.15, 0.2) is 0 Å². The maximum absolute atomic E-state index is 13.0. The van der Waals surface area contributed by atoms with Gasteiger partial charge in [-0.05, 0) is 49.1 Å². The average Bonchev–Trinajstić information content (AvgIpc) is 2.59. The first-order valence-corrected chi connectivity index (χ1v) is 9.14. The number of fused-ring (bicyclic) bond motifs is 2. The third-order valence-corrected chi connectivity index (χ3v) is 6.91. The molecule has 1 heterocycles. The Hall–Kier alpha value is -0.870. The second kappa shape index (κ2) is 4.56. The van der Waals surface area contributed by atoms with Crippen molar-refractivity contribution in [2.45, 2.75) is 57.9 Å². The third-order valence-electron chi connectivity index (χ3n) is 4.99. The van der Waals surface area contributed by atoms with Crippen molar-refractivity contribution in [3.63, 3.8) is 0 Å². The smallest absolute Gasteiger partial charge is 0.207 e. The normalized spacial score (nSPS) is 32.3. The van der Waals surface area contributed by atoms with Crippen LogP contribution in [0.5, 0.6) is 0 Å². The highest BCUT2D eigenvalue weighted by atomic mass is 32.2. The van der Waals surface area contributed by atoms with Crippen molar-refractivity contribution in [3.05, 3.63) is 29.8 Å². The highest BCUT2D eigenvalue weighted by molar-refractivity contribution is 7.89. The zero-order chi connectivity index (χ0) is 15.5. The Balaban J connectivity index is 1.96. The van der Waals surface area contributed by atoms with Crippen LogP contribution >= 0.6 is 0 Å². The number of rotatable bonds is 2. The molecule has 0 aromatic heterocycles. The first kappa shape index (κ1) is 15.0. The van der Waals surface area contributed by atoms with Crippen LogP contribution in [0.2, 0.25) is 0 Å². The Bertz CT molecular complexity index is 648. The van der Waals surface area contributed by atoms with E-state index in [-0.39, 0.29) is 16.9 Å². The molecule has 0 N–H and O–H groups in total. The lowest BCUT2D eigenvalue weighted by Gasteiger charge is -2.39. The van der Waals surface area contributed by atoms with Crippen LogP contribution < -0.4 is 0 Å². The van der Waals surface area contributed by atoms with E-state index < -0.39 is 10.0 Å². The van der Waals surface area contributed by atoms with Crippen molar-refractivity contribution < 1.29 is 8.42 Å². The molecule has 0 spiro atoms. The Labute approximate surface area is 128 Å². The molecule has 4 heteroatoms. The fourth-order valence-corrected chi connectivity index (χ4v) is 6.31. The number of hydrogen-bond donors (Lipinski definition) is 0. The van der Waals surface area contributed by atoms with Crippen molar-refractivity contribution in [2.75, 3.05) is 6.54 Å². The summed E-state index contributed by atoms with van der Waals surface area (Å²) in [5.41, 5.74) is 1.45. The summed E-state index contributed by atoms with van der Waals surface area (Å²) in [4.78, 5) is 0.432. The summed E-state index contributed by atoms with van der Waals surface area (Å²) in [6.07, 6.45) is 3.08. The Kier molecular flexibility index (Phi) is 3.27. The maximum Gasteiger partial charge on any atom is 0.243 e.